The normalized spacial score (nSPS) is 19.9. The largest absolute Gasteiger partial charge is 0.487 e. The highest BCUT2D eigenvalue weighted by Crippen LogP contribution is 2.40. The predicted molar refractivity (Wildman–Crippen MR) is 252 cm³/mol. The number of halogens is 1. The molecule has 1 N–H and O–H groups in total. The highest BCUT2D eigenvalue weighted by Gasteiger charge is 2.42. The summed E-state index contributed by atoms with van der Waals surface area (Å²) in [6.07, 6.45) is 15.4. The third-order valence-electron chi connectivity index (χ3n) is 12.0. The molecule has 1 aromatic carbocycles. The van der Waals surface area contributed by atoms with E-state index in [0.29, 0.717) is 159 Å². The Morgan fingerprint density at radius 1 is 0.691 bits per heavy atom. The van der Waals surface area contributed by atoms with Crippen LogP contribution < -0.4 is 14.8 Å². The molecule has 20 nitrogen and oxygen atoms in total. The van der Waals surface area contributed by atoms with Gasteiger partial charge in [0.1, 0.15) is 36.8 Å². The topological polar surface area (TPSA) is 191 Å². The number of rotatable bonds is 34. The molecule has 2 aliphatic heterocycles. The van der Waals surface area contributed by atoms with Crippen LogP contribution in [0.25, 0.3) is 11.1 Å². The second-order valence-electron chi connectivity index (χ2n) is 16.9. The Labute approximate surface area is 404 Å². The molecule has 3 fully saturated rings. The molecule has 3 atom stereocenters. The van der Waals surface area contributed by atoms with Gasteiger partial charge in [-0.05, 0) is 63.1 Å². The number of nitrogens with one attached hydrogen (secondary N) is 1. The highest BCUT2D eigenvalue weighted by molar-refractivity contribution is 6.32. The molecule has 0 radical (unpaired) electrons. The van der Waals surface area contributed by atoms with E-state index in [9.17, 15) is 0 Å². The lowest BCUT2D eigenvalue weighted by Crippen LogP contribution is -2.52. The molecule has 0 amide bonds. The summed E-state index contributed by atoms with van der Waals surface area (Å²) >= 11 is 6.53. The number of hydrogen-bond donors (Lipinski definition) is 1. The number of ether oxygens (including phenoxy) is 11. The van der Waals surface area contributed by atoms with Crippen LogP contribution >= 0.6 is 11.6 Å². The van der Waals surface area contributed by atoms with Gasteiger partial charge in [0.25, 0.3) is 5.88 Å². The lowest BCUT2D eigenvalue weighted by Gasteiger charge is -2.43. The SMILES string of the molecule is COCCOCCOCCOCCOCCOCCOCCOCCOc1nn(C2CCC(N3[C@@H]4CC[C@H]3COC4)CC2)cc1Nc1ncc(-c2ccc(Cl)c(O[C@@H](C)Cn3cncn3)c2)cn1. The first-order chi connectivity index (χ1) is 33.5. The van der Waals surface area contributed by atoms with Gasteiger partial charge in [0, 0.05) is 43.2 Å². The number of morpholine rings is 1. The third kappa shape index (κ3) is 16.8. The molecule has 2 bridgehead atoms. The maximum atomic E-state index is 6.53. The number of methoxy groups -OCH3 is 1. The lowest BCUT2D eigenvalue weighted by molar-refractivity contribution is -0.0458. The van der Waals surface area contributed by atoms with Gasteiger partial charge in [0.2, 0.25) is 5.95 Å². The molecule has 0 spiro atoms. The van der Waals surface area contributed by atoms with Crippen molar-refractivity contribution in [2.75, 3.05) is 131 Å². The quantitative estimate of drug-likeness (QED) is 0.0594. The number of aromatic nitrogens is 7. The third-order valence-corrected chi connectivity index (χ3v) is 12.3. The number of fused-ring (bicyclic) bond motifs is 2. The summed E-state index contributed by atoms with van der Waals surface area (Å²) in [5.41, 5.74) is 2.37. The molecule has 3 aliphatic rings. The van der Waals surface area contributed by atoms with Crippen molar-refractivity contribution in [3.05, 3.63) is 54.5 Å². The summed E-state index contributed by atoms with van der Waals surface area (Å²) in [4.78, 5) is 16.1. The standard InChI is InChI=1S/C47H70ClN9O11/c1-36(30-55-35-49-34-52-55)68-45-27-37(3-10-43(45)48)38-28-50-47(51-29-38)53-44-31-56(39-4-6-40(7-5-39)57-41-8-9-42(57)33-66-32-41)54-46(44)67-26-25-65-24-23-64-22-21-63-20-19-62-18-17-61-16-15-60-14-13-59-12-11-58-2/h3,10,27-29,31,34-36,39-42H,4-9,11-26,30,32-33H2,1-2H3,(H,50,51,53)/t36-,39?,40?,41-,42+/m0/s1. The Hall–Kier alpha value is -4.06. The van der Waals surface area contributed by atoms with Crippen molar-refractivity contribution in [2.24, 2.45) is 0 Å². The van der Waals surface area contributed by atoms with E-state index >= 15 is 0 Å². The summed E-state index contributed by atoms with van der Waals surface area (Å²) in [5.74, 6) is 1.45. The van der Waals surface area contributed by atoms with Crippen molar-refractivity contribution < 1.29 is 52.1 Å². The van der Waals surface area contributed by atoms with Crippen molar-refractivity contribution in [2.45, 2.75) is 82.3 Å². The monoisotopic (exact) mass is 971 g/mol. The van der Waals surface area contributed by atoms with Gasteiger partial charge < -0.3 is 57.4 Å². The Kier molecular flexibility index (Phi) is 22.2. The number of hydrogen-bond acceptors (Lipinski definition) is 18. The molecule has 4 aromatic rings. The van der Waals surface area contributed by atoms with E-state index in [1.807, 2.05) is 31.3 Å². The van der Waals surface area contributed by atoms with Crippen molar-refractivity contribution in [1.82, 2.24) is 39.4 Å². The van der Waals surface area contributed by atoms with Crippen LogP contribution in [-0.2, 0) is 49.2 Å². The molecule has 1 saturated carbocycles. The van der Waals surface area contributed by atoms with Gasteiger partial charge in [0.15, 0.2) is 0 Å². The fourth-order valence-corrected chi connectivity index (χ4v) is 8.83. The van der Waals surface area contributed by atoms with Crippen LogP contribution in [0.15, 0.2) is 49.4 Å². The summed E-state index contributed by atoms with van der Waals surface area (Å²) in [5, 5.41) is 13.0. The van der Waals surface area contributed by atoms with Gasteiger partial charge in [-0.2, -0.15) is 5.10 Å². The van der Waals surface area contributed by atoms with E-state index in [1.165, 1.54) is 19.2 Å². The molecule has 21 heteroatoms. The van der Waals surface area contributed by atoms with Crippen molar-refractivity contribution >= 4 is 23.2 Å². The number of anilines is 2. The van der Waals surface area contributed by atoms with Crippen molar-refractivity contribution in [3.8, 4) is 22.8 Å². The molecule has 68 heavy (non-hydrogen) atoms. The predicted octanol–water partition coefficient (Wildman–Crippen LogP) is 5.28. The van der Waals surface area contributed by atoms with Gasteiger partial charge >= 0.3 is 0 Å². The Morgan fingerprint density at radius 3 is 1.79 bits per heavy atom. The molecule has 5 heterocycles. The van der Waals surface area contributed by atoms with Gasteiger partial charge in [-0.1, -0.05) is 17.7 Å². The van der Waals surface area contributed by atoms with Gasteiger partial charge in [-0.3, -0.25) is 9.58 Å². The minimum Gasteiger partial charge on any atom is -0.487 e. The van der Waals surface area contributed by atoms with E-state index in [4.69, 9.17) is 68.8 Å². The maximum Gasteiger partial charge on any atom is 0.257 e. The number of nitrogens with zero attached hydrogens (tertiary/aromatic N) is 8. The molecule has 3 aromatic heterocycles. The minimum atomic E-state index is -0.188. The fourth-order valence-electron chi connectivity index (χ4n) is 8.67. The zero-order chi connectivity index (χ0) is 47.0. The first kappa shape index (κ1) is 51.8. The Bertz CT molecular complexity index is 1960. The molecular formula is C47H70ClN9O11. The molecule has 376 valence electrons. The molecule has 7 rings (SSSR count). The van der Waals surface area contributed by atoms with E-state index in [0.717, 1.165) is 50.0 Å². The van der Waals surface area contributed by atoms with Gasteiger partial charge in [0.05, 0.1) is 136 Å². The average Bonchev–Trinajstić information content (AvgIpc) is 4.08. The molecule has 1 aliphatic carbocycles. The fraction of sp³-hybridized carbons (Fsp3) is 0.681. The van der Waals surface area contributed by atoms with E-state index in [2.05, 4.69) is 34.9 Å². The van der Waals surface area contributed by atoms with Crippen LogP contribution in [0.5, 0.6) is 11.6 Å². The minimum absolute atomic E-state index is 0.188. The zero-order valence-electron chi connectivity index (χ0n) is 39.6. The molecule has 0 unspecified atom stereocenters. The smallest absolute Gasteiger partial charge is 0.257 e. The summed E-state index contributed by atoms with van der Waals surface area (Å²) in [7, 11) is 1.65. The second-order valence-corrected chi connectivity index (χ2v) is 17.3. The lowest BCUT2D eigenvalue weighted by atomic mass is 9.89. The van der Waals surface area contributed by atoms with Crippen LogP contribution in [-0.4, -0.2) is 190 Å². The van der Waals surface area contributed by atoms with Crippen LogP contribution in [0.1, 0.15) is 51.5 Å². The van der Waals surface area contributed by atoms with E-state index in [1.54, 1.807) is 30.5 Å². The van der Waals surface area contributed by atoms with Crippen LogP contribution in [0, 0.1) is 0 Å². The van der Waals surface area contributed by atoms with Crippen molar-refractivity contribution in [1.29, 1.82) is 0 Å². The van der Waals surface area contributed by atoms with Crippen LogP contribution in [0.4, 0.5) is 11.6 Å². The zero-order valence-corrected chi connectivity index (χ0v) is 40.4. The number of benzene rings is 1. The van der Waals surface area contributed by atoms with Crippen molar-refractivity contribution in [3.63, 3.8) is 0 Å². The second kappa shape index (κ2) is 29.2. The van der Waals surface area contributed by atoms with Gasteiger partial charge in [-0.25, -0.2) is 19.6 Å². The molecule has 2 saturated heterocycles. The van der Waals surface area contributed by atoms with Gasteiger partial charge in [-0.15, -0.1) is 5.10 Å². The first-order valence-electron chi connectivity index (χ1n) is 24.0. The van der Waals surface area contributed by atoms with Crippen LogP contribution in [0.2, 0.25) is 5.02 Å². The van der Waals surface area contributed by atoms with E-state index < -0.39 is 0 Å². The summed E-state index contributed by atoms with van der Waals surface area (Å²) in [6.45, 7) is 11.9. The Morgan fingerprint density at radius 2 is 1.24 bits per heavy atom. The molecular weight excluding hydrogens is 902 g/mol. The summed E-state index contributed by atoms with van der Waals surface area (Å²) < 4.78 is 65.9. The maximum absolute atomic E-state index is 6.53. The first-order valence-corrected chi connectivity index (χ1v) is 24.4. The Balaban J connectivity index is 0.811. The highest BCUT2D eigenvalue weighted by atomic mass is 35.5. The van der Waals surface area contributed by atoms with E-state index in [-0.39, 0.29) is 12.1 Å². The summed E-state index contributed by atoms with van der Waals surface area (Å²) in [6, 6.07) is 7.61. The average molecular weight is 973 g/mol. The van der Waals surface area contributed by atoms with Crippen LogP contribution in [0.3, 0.4) is 0 Å².